The Hall–Kier alpha value is -1.27. The van der Waals surface area contributed by atoms with Crippen molar-refractivity contribution in [3.05, 3.63) is 64.7 Å². The molecule has 0 heterocycles. The van der Waals surface area contributed by atoms with Gasteiger partial charge in [0, 0.05) is 17.3 Å². The Morgan fingerprint density at radius 1 is 1.09 bits per heavy atom. The van der Waals surface area contributed by atoms with Crippen molar-refractivity contribution < 1.29 is 0 Å². The van der Waals surface area contributed by atoms with Gasteiger partial charge in [0.2, 0.25) is 0 Å². The summed E-state index contributed by atoms with van der Waals surface area (Å²) in [4.78, 5) is 4.33. The van der Waals surface area contributed by atoms with E-state index in [1.165, 1.54) is 11.1 Å². The van der Waals surface area contributed by atoms with Gasteiger partial charge >= 0.3 is 0 Å². The molecule has 0 fully saturated rings. The summed E-state index contributed by atoms with van der Waals surface area (Å²) in [5.74, 6) is 0.454. The van der Waals surface area contributed by atoms with Crippen molar-refractivity contribution in [2.75, 3.05) is 11.9 Å². The molecule has 0 bridgehead atoms. The first-order valence-corrected chi connectivity index (χ1v) is 7.39. The molecule has 0 saturated carbocycles. The van der Waals surface area contributed by atoms with E-state index >= 15 is 0 Å². The van der Waals surface area contributed by atoms with Crippen LogP contribution in [-0.4, -0.2) is 12.5 Å². The van der Waals surface area contributed by atoms with E-state index in [-0.39, 0.29) is 24.0 Å². The number of nitrogens with two attached hydrogens (primary N) is 1. The highest BCUT2D eigenvalue weighted by Gasteiger charge is 1.96. The monoisotopic (exact) mass is 429 g/mol. The fourth-order valence-electron chi connectivity index (χ4n) is 1.96. The lowest BCUT2D eigenvalue weighted by Gasteiger charge is -2.06. The van der Waals surface area contributed by atoms with Crippen molar-refractivity contribution in [2.45, 2.75) is 19.8 Å². The van der Waals surface area contributed by atoms with Crippen LogP contribution in [-0.2, 0) is 6.42 Å². The molecule has 0 saturated heterocycles. The summed E-state index contributed by atoms with van der Waals surface area (Å²) in [5, 5.41) is 3.85. The van der Waals surface area contributed by atoms with Crippen LogP contribution >= 0.6 is 35.6 Å². The van der Waals surface area contributed by atoms with Crippen molar-refractivity contribution in [3.63, 3.8) is 0 Å². The third kappa shape index (κ3) is 6.66. The fraction of sp³-hybridized carbons (Fsp3) is 0.235. The van der Waals surface area contributed by atoms with Crippen molar-refractivity contribution in [1.82, 2.24) is 0 Å². The number of halogens is 2. The minimum atomic E-state index is 0. The smallest absolute Gasteiger partial charge is 0.193 e. The van der Waals surface area contributed by atoms with Crippen molar-refractivity contribution in [3.8, 4) is 0 Å². The number of aliphatic imine (C=N–C) groups is 1. The highest BCUT2D eigenvalue weighted by atomic mass is 127. The summed E-state index contributed by atoms with van der Waals surface area (Å²) >= 11 is 5.85. The quantitative estimate of drug-likeness (QED) is 0.315. The van der Waals surface area contributed by atoms with E-state index in [9.17, 15) is 0 Å². The lowest BCUT2D eigenvalue weighted by Crippen LogP contribution is -2.22. The summed E-state index contributed by atoms with van der Waals surface area (Å²) < 4.78 is 0. The Balaban J connectivity index is 0.00000242. The molecule has 0 spiro atoms. The Morgan fingerprint density at radius 3 is 2.36 bits per heavy atom. The minimum absolute atomic E-state index is 0. The molecule has 0 atom stereocenters. The topological polar surface area (TPSA) is 50.4 Å². The largest absolute Gasteiger partial charge is 0.370 e. The van der Waals surface area contributed by atoms with Gasteiger partial charge in [-0.05, 0) is 49.6 Å². The van der Waals surface area contributed by atoms with Crippen LogP contribution in [0.3, 0.4) is 0 Å². The molecule has 0 radical (unpaired) electrons. The van der Waals surface area contributed by atoms with Gasteiger partial charge in [0.05, 0.1) is 0 Å². The lowest BCUT2D eigenvalue weighted by atomic mass is 10.1. The molecule has 2 rings (SSSR count). The highest BCUT2D eigenvalue weighted by Crippen LogP contribution is 2.11. The molecule has 0 amide bonds. The first-order valence-electron chi connectivity index (χ1n) is 7.01. The van der Waals surface area contributed by atoms with Crippen LogP contribution < -0.4 is 11.1 Å². The van der Waals surface area contributed by atoms with Gasteiger partial charge in [-0.25, -0.2) is 0 Å². The van der Waals surface area contributed by atoms with E-state index in [1.807, 2.05) is 48.5 Å². The first kappa shape index (κ1) is 18.8. The van der Waals surface area contributed by atoms with Crippen LogP contribution in [0.4, 0.5) is 5.69 Å². The average molecular weight is 430 g/mol. The van der Waals surface area contributed by atoms with E-state index in [1.54, 1.807) is 0 Å². The molecule has 118 valence electrons. The molecule has 2 aromatic carbocycles. The molecule has 0 aromatic heterocycles. The standard InChI is InChI=1S/C17H20ClN3.HI/c1-13-4-10-16(11-5-13)21-17(19)20-12-2-3-14-6-8-15(18)9-7-14;/h4-11H,2-3,12H2,1H3,(H3,19,20,21);1H. The first-order chi connectivity index (χ1) is 10.1. The van der Waals surface area contributed by atoms with E-state index in [4.69, 9.17) is 17.3 Å². The van der Waals surface area contributed by atoms with E-state index in [0.29, 0.717) is 12.5 Å². The van der Waals surface area contributed by atoms with Crippen LogP contribution in [0.15, 0.2) is 53.5 Å². The van der Waals surface area contributed by atoms with Gasteiger partial charge in [0.1, 0.15) is 0 Å². The van der Waals surface area contributed by atoms with Gasteiger partial charge in [-0.2, -0.15) is 0 Å². The van der Waals surface area contributed by atoms with E-state index in [0.717, 1.165) is 23.6 Å². The molecule has 0 aliphatic heterocycles. The second kappa shape index (κ2) is 9.69. The van der Waals surface area contributed by atoms with Gasteiger partial charge in [-0.1, -0.05) is 41.4 Å². The maximum atomic E-state index is 5.86. The maximum absolute atomic E-state index is 5.86. The van der Waals surface area contributed by atoms with Crippen molar-refractivity contribution in [1.29, 1.82) is 0 Å². The molecule has 22 heavy (non-hydrogen) atoms. The zero-order valence-corrected chi connectivity index (χ0v) is 15.6. The number of rotatable bonds is 5. The fourth-order valence-corrected chi connectivity index (χ4v) is 2.08. The number of aryl methyl sites for hydroxylation is 2. The summed E-state index contributed by atoms with van der Waals surface area (Å²) in [7, 11) is 0. The third-order valence-corrected chi connectivity index (χ3v) is 3.39. The molecular weight excluding hydrogens is 409 g/mol. The number of anilines is 1. The molecular formula is C17H21ClIN3. The zero-order valence-electron chi connectivity index (χ0n) is 12.6. The highest BCUT2D eigenvalue weighted by molar-refractivity contribution is 14.0. The van der Waals surface area contributed by atoms with E-state index < -0.39 is 0 Å². The van der Waals surface area contributed by atoms with Gasteiger partial charge in [-0.15, -0.1) is 24.0 Å². The lowest BCUT2D eigenvalue weighted by molar-refractivity contribution is 0.832. The van der Waals surface area contributed by atoms with Crippen LogP contribution in [0.5, 0.6) is 0 Å². The van der Waals surface area contributed by atoms with Gasteiger partial charge in [0.15, 0.2) is 5.96 Å². The number of benzene rings is 2. The minimum Gasteiger partial charge on any atom is -0.370 e. The third-order valence-electron chi connectivity index (χ3n) is 3.14. The second-order valence-electron chi connectivity index (χ2n) is 4.99. The van der Waals surface area contributed by atoms with Gasteiger partial charge < -0.3 is 11.1 Å². The summed E-state index contributed by atoms with van der Waals surface area (Å²) in [5.41, 5.74) is 9.31. The van der Waals surface area contributed by atoms with Gasteiger partial charge in [-0.3, -0.25) is 4.99 Å². The molecule has 0 unspecified atom stereocenters. The summed E-state index contributed by atoms with van der Waals surface area (Å²) in [6, 6.07) is 16.0. The van der Waals surface area contributed by atoms with Gasteiger partial charge in [0.25, 0.3) is 0 Å². The zero-order chi connectivity index (χ0) is 15.1. The van der Waals surface area contributed by atoms with Crippen LogP contribution in [0.25, 0.3) is 0 Å². The number of guanidine groups is 1. The number of hydrogen-bond acceptors (Lipinski definition) is 1. The Labute approximate surface area is 154 Å². The SMILES string of the molecule is Cc1ccc(NC(N)=NCCCc2ccc(Cl)cc2)cc1.I. The van der Waals surface area contributed by atoms with E-state index in [2.05, 4.69) is 17.2 Å². The van der Waals surface area contributed by atoms with Crippen molar-refractivity contribution in [2.24, 2.45) is 10.7 Å². The van der Waals surface area contributed by atoms with Crippen LogP contribution in [0, 0.1) is 6.92 Å². The maximum Gasteiger partial charge on any atom is 0.193 e. The summed E-state index contributed by atoms with van der Waals surface area (Å²) in [6.45, 7) is 2.76. The number of nitrogens with zero attached hydrogens (tertiary/aromatic N) is 1. The van der Waals surface area contributed by atoms with Crippen molar-refractivity contribution >= 4 is 47.2 Å². The normalized spacial score (nSPS) is 10.9. The predicted octanol–water partition coefficient (Wildman–Crippen LogP) is 4.63. The molecule has 2 aromatic rings. The van der Waals surface area contributed by atoms with Crippen LogP contribution in [0.2, 0.25) is 5.02 Å². The average Bonchev–Trinajstić information content (AvgIpc) is 2.48. The molecule has 0 aliphatic rings. The van der Waals surface area contributed by atoms with Crippen LogP contribution in [0.1, 0.15) is 17.5 Å². The molecule has 0 aliphatic carbocycles. The molecule has 3 nitrogen and oxygen atoms in total. The Kier molecular flexibility index (Phi) is 8.27. The Bertz CT molecular complexity index is 594. The number of nitrogens with one attached hydrogen (secondary N) is 1. The molecule has 3 N–H and O–H groups in total. The summed E-state index contributed by atoms with van der Waals surface area (Å²) in [6.07, 6.45) is 1.93. The molecule has 5 heteroatoms. The predicted molar refractivity (Wildman–Crippen MR) is 106 cm³/mol. The second-order valence-corrected chi connectivity index (χ2v) is 5.42. The number of hydrogen-bond donors (Lipinski definition) is 2. The Morgan fingerprint density at radius 2 is 1.73 bits per heavy atom.